The number of anilines is 1. The molecule has 3 rings (SSSR count). The monoisotopic (exact) mass is 425 g/mol. The lowest BCUT2D eigenvalue weighted by atomic mass is 10.1. The van der Waals surface area contributed by atoms with Gasteiger partial charge < -0.3 is 10.1 Å². The third-order valence-corrected chi connectivity index (χ3v) is 4.66. The van der Waals surface area contributed by atoms with Gasteiger partial charge in [-0.15, -0.1) is 0 Å². The van der Waals surface area contributed by atoms with Gasteiger partial charge in [-0.05, 0) is 43.2 Å². The van der Waals surface area contributed by atoms with E-state index in [0.29, 0.717) is 47.3 Å². The summed E-state index contributed by atoms with van der Waals surface area (Å²) in [7, 11) is 0. The first-order valence-electron chi connectivity index (χ1n) is 9.68. The molecule has 0 aliphatic rings. The van der Waals surface area contributed by atoms with Crippen molar-refractivity contribution >= 4 is 29.6 Å². The van der Waals surface area contributed by atoms with E-state index in [4.69, 9.17) is 16.3 Å². The fourth-order valence-electron chi connectivity index (χ4n) is 2.90. The molecule has 6 nitrogen and oxygen atoms in total. The minimum Gasteiger partial charge on any atom is -0.493 e. The number of nitrogens with one attached hydrogen (secondary N) is 1. The summed E-state index contributed by atoms with van der Waals surface area (Å²) in [6.45, 7) is 7.15. The number of ether oxygens (including phenoxy) is 1. The highest BCUT2D eigenvalue weighted by molar-refractivity contribution is 6.30. The molecule has 0 unspecified atom stereocenters. The van der Waals surface area contributed by atoms with Gasteiger partial charge in [-0.1, -0.05) is 37.6 Å². The highest BCUT2D eigenvalue weighted by Crippen LogP contribution is 2.25. The molecular formula is C23H24ClN3O3. The molecule has 2 aromatic carbocycles. The van der Waals surface area contributed by atoms with Crippen molar-refractivity contribution in [3.8, 4) is 5.75 Å². The normalized spacial score (nSPS) is 10.8. The lowest BCUT2D eigenvalue weighted by Crippen LogP contribution is -2.13. The topological polar surface area (TPSA) is 73.2 Å². The summed E-state index contributed by atoms with van der Waals surface area (Å²) in [6, 6.07) is 13.8. The van der Waals surface area contributed by atoms with Crippen molar-refractivity contribution in [2.24, 2.45) is 5.92 Å². The molecule has 1 N–H and O–H groups in total. The van der Waals surface area contributed by atoms with Crippen molar-refractivity contribution in [2.45, 2.75) is 27.3 Å². The quantitative estimate of drug-likeness (QED) is 0.516. The number of rotatable bonds is 8. The zero-order valence-electron chi connectivity index (χ0n) is 17.2. The summed E-state index contributed by atoms with van der Waals surface area (Å²) in [5.74, 6) is 1.27. The standard InChI is InChI=1S/C23H24ClN3O3/c1-15(2)14-30-21-8-7-20(24)11-19(21)12-27-16(3)9-22(26-27)25-23(29)18-6-4-5-17(10-18)13-28/h4-11,13,15H,12,14H2,1-3H3,(H,25,26,29). The number of hydrogen-bond donors (Lipinski definition) is 1. The van der Waals surface area contributed by atoms with E-state index in [1.54, 1.807) is 35.0 Å². The number of amides is 1. The summed E-state index contributed by atoms with van der Waals surface area (Å²) in [4.78, 5) is 23.4. The zero-order valence-corrected chi connectivity index (χ0v) is 17.9. The van der Waals surface area contributed by atoms with Crippen molar-refractivity contribution in [3.63, 3.8) is 0 Å². The Bertz CT molecular complexity index is 1060. The van der Waals surface area contributed by atoms with Gasteiger partial charge in [0.15, 0.2) is 5.82 Å². The van der Waals surface area contributed by atoms with Crippen LogP contribution in [0.5, 0.6) is 5.75 Å². The van der Waals surface area contributed by atoms with Crippen LogP contribution in [0.2, 0.25) is 5.02 Å². The predicted octanol–water partition coefficient (Wildman–Crippen LogP) is 4.99. The molecule has 0 saturated carbocycles. The van der Waals surface area contributed by atoms with Crippen LogP contribution in [0.3, 0.4) is 0 Å². The minimum atomic E-state index is -0.327. The van der Waals surface area contributed by atoms with E-state index in [9.17, 15) is 9.59 Å². The van der Waals surface area contributed by atoms with Gasteiger partial charge in [0.25, 0.3) is 5.91 Å². The molecule has 0 aliphatic carbocycles. The second kappa shape index (κ2) is 9.59. The molecule has 0 aliphatic heterocycles. The lowest BCUT2D eigenvalue weighted by Gasteiger charge is -2.14. The van der Waals surface area contributed by atoms with Gasteiger partial charge in [-0.3, -0.25) is 14.3 Å². The number of hydrogen-bond acceptors (Lipinski definition) is 4. The Labute approximate surface area is 180 Å². The van der Waals surface area contributed by atoms with E-state index < -0.39 is 0 Å². The first kappa shape index (κ1) is 21.6. The SMILES string of the molecule is Cc1cc(NC(=O)c2cccc(C=O)c2)nn1Cc1cc(Cl)ccc1OCC(C)C. The molecule has 0 atom stereocenters. The highest BCUT2D eigenvalue weighted by Gasteiger charge is 2.13. The molecule has 0 bridgehead atoms. The first-order valence-corrected chi connectivity index (χ1v) is 10.1. The molecular weight excluding hydrogens is 402 g/mol. The van der Waals surface area contributed by atoms with Gasteiger partial charge >= 0.3 is 0 Å². The number of nitrogens with zero attached hydrogens (tertiary/aromatic N) is 2. The maximum Gasteiger partial charge on any atom is 0.256 e. The van der Waals surface area contributed by atoms with E-state index in [2.05, 4.69) is 24.3 Å². The second-order valence-electron chi connectivity index (χ2n) is 7.48. The number of aryl methyl sites for hydroxylation is 1. The van der Waals surface area contributed by atoms with E-state index in [-0.39, 0.29) is 5.91 Å². The number of carbonyl (C=O) groups is 2. The molecule has 7 heteroatoms. The molecule has 0 saturated heterocycles. The Morgan fingerprint density at radius 3 is 2.77 bits per heavy atom. The van der Waals surface area contributed by atoms with Crippen molar-refractivity contribution in [1.29, 1.82) is 0 Å². The van der Waals surface area contributed by atoms with Crippen LogP contribution in [0.4, 0.5) is 5.82 Å². The summed E-state index contributed by atoms with van der Waals surface area (Å²) in [6.07, 6.45) is 0.708. The van der Waals surface area contributed by atoms with Gasteiger partial charge in [0.05, 0.1) is 13.2 Å². The Kier molecular flexibility index (Phi) is 6.90. The fraction of sp³-hybridized carbons (Fsp3) is 0.261. The molecule has 0 spiro atoms. The van der Waals surface area contributed by atoms with Crippen LogP contribution in [-0.2, 0) is 6.54 Å². The van der Waals surface area contributed by atoms with Gasteiger partial charge in [0.1, 0.15) is 12.0 Å². The van der Waals surface area contributed by atoms with Crippen LogP contribution in [0, 0.1) is 12.8 Å². The maximum atomic E-state index is 12.5. The Morgan fingerprint density at radius 1 is 1.23 bits per heavy atom. The zero-order chi connectivity index (χ0) is 21.7. The second-order valence-corrected chi connectivity index (χ2v) is 7.92. The minimum absolute atomic E-state index is 0.327. The molecule has 1 heterocycles. The van der Waals surface area contributed by atoms with Gasteiger partial charge in [-0.2, -0.15) is 5.10 Å². The maximum absolute atomic E-state index is 12.5. The lowest BCUT2D eigenvalue weighted by molar-refractivity contribution is 0.102. The van der Waals surface area contributed by atoms with Crippen molar-refractivity contribution in [1.82, 2.24) is 9.78 Å². The molecule has 0 radical (unpaired) electrons. The van der Waals surface area contributed by atoms with Gasteiger partial charge in [0, 0.05) is 33.5 Å². The Morgan fingerprint density at radius 2 is 2.03 bits per heavy atom. The van der Waals surface area contributed by atoms with Crippen LogP contribution < -0.4 is 10.1 Å². The van der Waals surface area contributed by atoms with Crippen molar-refractivity contribution < 1.29 is 14.3 Å². The van der Waals surface area contributed by atoms with Crippen molar-refractivity contribution in [3.05, 3.63) is 75.9 Å². The highest BCUT2D eigenvalue weighted by atomic mass is 35.5. The number of benzene rings is 2. The molecule has 0 fully saturated rings. The van der Waals surface area contributed by atoms with Gasteiger partial charge in [0.2, 0.25) is 0 Å². The van der Waals surface area contributed by atoms with Crippen LogP contribution >= 0.6 is 11.6 Å². The van der Waals surface area contributed by atoms with Crippen LogP contribution in [0.15, 0.2) is 48.5 Å². The first-order chi connectivity index (χ1) is 14.4. The van der Waals surface area contributed by atoms with E-state index >= 15 is 0 Å². The number of halogens is 1. The van der Waals surface area contributed by atoms with Crippen molar-refractivity contribution in [2.75, 3.05) is 11.9 Å². The average Bonchev–Trinajstić information content (AvgIpc) is 3.06. The summed E-state index contributed by atoms with van der Waals surface area (Å²) in [5, 5.41) is 7.89. The van der Waals surface area contributed by atoms with E-state index in [1.165, 1.54) is 6.07 Å². The van der Waals surface area contributed by atoms with Crippen LogP contribution in [0.25, 0.3) is 0 Å². The number of carbonyl (C=O) groups excluding carboxylic acids is 2. The van der Waals surface area contributed by atoms with Crippen LogP contribution in [0.1, 0.15) is 45.8 Å². The average molecular weight is 426 g/mol. The van der Waals surface area contributed by atoms with Crippen LogP contribution in [-0.4, -0.2) is 28.6 Å². The Hall–Kier alpha value is -3.12. The summed E-state index contributed by atoms with van der Waals surface area (Å²) >= 11 is 6.19. The molecule has 1 aromatic heterocycles. The van der Waals surface area contributed by atoms with E-state index in [1.807, 2.05) is 19.1 Å². The fourth-order valence-corrected chi connectivity index (χ4v) is 3.10. The number of aromatic nitrogens is 2. The largest absolute Gasteiger partial charge is 0.493 e. The summed E-state index contributed by atoms with van der Waals surface area (Å²) in [5.41, 5.74) is 2.62. The molecule has 1 amide bonds. The predicted molar refractivity (Wildman–Crippen MR) is 118 cm³/mol. The third kappa shape index (κ3) is 5.48. The molecule has 156 valence electrons. The van der Waals surface area contributed by atoms with E-state index in [0.717, 1.165) is 17.0 Å². The molecule has 3 aromatic rings. The Balaban J connectivity index is 1.77. The smallest absolute Gasteiger partial charge is 0.256 e. The summed E-state index contributed by atoms with van der Waals surface area (Å²) < 4.78 is 7.70. The van der Waals surface area contributed by atoms with Gasteiger partial charge in [-0.25, -0.2) is 0 Å². The number of aldehydes is 1. The molecule has 30 heavy (non-hydrogen) atoms. The third-order valence-electron chi connectivity index (χ3n) is 4.42.